The molecule has 6 nitrogen and oxygen atoms in total. The number of carbonyl (C=O) groups is 1. The molecule has 22 heavy (non-hydrogen) atoms. The van der Waals surface area contributed by atoms with Crippen molar-refractivity contribution in [3.05, 3.63) is 0 Å². The Kier molecular flexibility index (Phi) is 14.7. The van der Waals surface area contributed by atoms with Crippen molar-refractivity contribution in [3.63, 3.8) is 0 Å². The Bertz CT molecular complexity index is 259. The summed E-state index contributed by atoms with van der Waals surface area (Å²) in [4.78, 5) is 11.3. The third-order valence-electron chi connectivity index (χ3n) is 2.49. The minimum atomic E-state index is 0.0176. The molecule has 0 spiro atoms. The van der Waals surface area contributed by atoms with Crippen molar-refractivity contribution in [1.82, 2.24) is 5.32 Å². The third kappa shape index (κ3) is 17.4. The van der Waals surface area contributed by atoms with Crippen molar-refractivity contribution in [1.29, 1.82) is 0 Å². The first-order valence-corrected chi connectivity index (χ1v) is 8.12. The van der Waals surface area contributed by atoms with Gasteiger partial charge in [-0.1, -0.05) is 13.8 Å². The summed E-state index contributed by atoms with van der Waals surface area (Å²) < 4.78 is 21.4. The van der Waals surface area contributed by atoms with Gasteiger partial charge in [-0.25, -0.2) is 0 Å². The van der Waals surface area contributed by atoms with E-state index in [1.165, 1.54) is 0 Å². The SMILES string of the molecule is CC(C)COCCOCCOCCOCCC(=O)NC(C)C. The molecule has 0 aliphatic carbocycles. The van der Waals surface area contributed by atoms with E-state index in [4.69, 9.17) is 18.9 Å². The van der Waals surface area contributed by atoms with Gasteiger partial charge in [0, 0.05) is 19.1 Å². The van der Waals surface area contributed by atoms with E-state index >= 15 is 0 Å². The lowest BCUT2D eigenvalue weighted by molar-refractivity contribution is -0.122. The van der Waals surface area contributed by atoms with Gasteiger partial charge in [-0.2, -0.15) is 0 Å². The van der Waals surface area contributed by atoms with Gasteiger partial charge in [0.1, 0.15) is 0 Å². The number of hydrogen-bond donors (Lipinski definition) is 1. The number of rotatable bonds is 15. The van der Waals surface area contributed by atoms with E-state index in [9.17, 15) is 4.79 Å². The molecule has 0 unspecified atom stereocenters. The van der Waals surface area contributed by atoms with Crippen LogP contribution in [0.2, 0.25) is 0 Å². The van der Waals surface area contributed by atoms with Crippen LogP contribution in [-0.4, -0.2) is 64.8 Å². The van der Waals surface area contributed by atoms with Gasteiger partial charge >= 0.3 is 0 Å². The first-order chi connectivity index (χ1) is 10.5. The number of nitrogens with one attached hydrogen (secondary N) is 1. The van der Waals surface area contributed by atoms with E-state index in [0.29, 0.717) is 58.6 Å². The maximum atomic E-state index is 11.3. The summed E-state index contributed by atoms with van der Waals surface area (Å²) in [5.74, 6) is 0.573. The normalized spacial score (nSPS) is 11.4. The highest BCUT2D eigenvalue weighted by Crippen LogP contribution is 1.92. The topological polar surface area (TPSA) is 66.0 Å². The van der Waals surface area contributed by atoms with Crippen LogP contribution in [0, 0.1) is 5.92 Å². The van der Waals surface area contributed by atoms with Crippen LogP contribution in [0.1, 0.15) is 34.1 Å². The molecule has 6 heteroatoms. The molecular formula is C16H33NO5. The van der Waals surface area contributed by atoms with Gasteiger partial charge in [0.05, 0.1) is 46.2 Å². The first-order valence-electron chi connectivity index (χ1n) is 8.12. The molecule has 0 bridgehead atoms. The van der Waals surface area contributed by atoms with E-state index in [0.717, 1.165) is 6.61 Å². The van der Waals surface area contributed by atoms with Crippen molar-refractivity contribution in [2.75, 3.05) is 52.9 Å². The molecule has 1 amide bonds. The summed E-state index contributed by atoms with van der Waals surface area (Å²) in [7, 11) is 0. The van der Waals surface area contributed by atoms with Crippen molar-refractivity contribution in [3.8, 4) is 0 Å². The molecule has 0 heterocycles. The predicted molar refractivity (Wildman–Crippen MR) is 86.0 cm³/mol. The summed E-state index contributed by atoms with van der Waals surface area (Å²) in [5, 5.41) is 2.81. The van der Waals surface area contributed by atoms with E-state index in [1.807, 2.05) is 13.8 Å². The van der Waals surface area contributed by atoms with Gasteiger partial charge < -0.3 is 24.3 Å². The van der Waals surface area contributed by atoms with Crippen LogP contribution >= 0.6 is 0 Å². The minimum Gasteiger partial charge on any atom is -0.379 e. The van der Waals surface area contributed by atoms with Gasteiger partial charge in [-0.15, -0.1) is 0 Å². The fraction of sp³-hybridized carbons (Fsp3) is 0.938. The summed E-state index contributed by atoms with van der Waals surface area (Å²) in [5.41, 5.74) is 0. The Morgan fingerprint density at radius 3 is 1.68 bits per heavy atom. The van der Waals surface area contributed by atoms with Crippen LogP contribution in [0.3, 0.4) is 0 Å². The maximum absolute atomic E-state index is 11.3. The molecule has 0 saturated heterocycles. The Morgan fingerprint density at radius 1 is 0.773 bits per heavy atom. The number of ether oxygens (including phenoxy) is 4. The molecule has 0 fully saturated rings. The quantitative estimate of drug-likeness (QED) is 0.465. The molecule has 0 aliphatic heterocycles. The van der Waals surface area contributed by atoms with Crippen LogP contribution < -0.4 is 5.32 Å². The summed E-state index contributed by atoms with van der Waals surface area (Å²) in [6, 6.07) is 0.173. The number of amides is 1. The Hall–Kier alpha value is -0.690. The second-order valence-corrected chi connectivity index (χ2v) is 5.78. The lowest BCUT2D eigenvalue weighted by Crippen LogP contribution is -2.30. The van der Waals surface area contributed by atoms with Crippen molar-refractivity contribution in [2.45, 2.75) is 40.2 Å². The molecule has 0 atom stereocenters. The zero-order valence-corrected chi connectivity index (χ0v) is 14.6. The van der Waals surface area contributed by atoms with Crippen molar-refractivity contribution >= 4 is 5.91 Å². The van der Waals surface area contributed by atoms with Gasteiger partial charge in [0.15, 0.2) is 0 Å². The average molecular weight is 319 g/mol. The monoisotopic (exact) mass is 319 g/mol. The molecule has 0 aromatic carbocycles. The van der Waals surface area contributed by atoms with Crippen molar-refractivity contribution < 1.29 is 23.7 Å². The zero-order valence-electron chi connectivity index (χ0n) is 14.6. The van der Waals surface area contributed by atoms with E-state index in [2.05, 4.69) is 19.2 Å². The molecule has 0 aromatic heterocycles. The summed E-state index contributed by atoms with van der Waals surface area (Å²) in [6.45, 7) is 12.6. The second kappa shape index (κ2) is 15.2. The highest BCUT2D eigenvalue weighted by molar-refractivity contribution is 5.76. The molecule has 0 radical (unpaired) electrons. The molecule has 132 valence electrons. The second-order valence-electron chi connectivity index (χ2n) is 5.78. The fourth-order valence-electron chi connectivity index (χ4n) is 1.54. The van der Waals surface area contributed by atoms with E-state index in [1.54, 1.807) is 0 Å². The van der Waals surface area contributed by atoms with E-state index in [-0.39, 0.29) is 11.9 Å². The largest absolute Gasteiger partial charge is 0.379 e. The van der Waals surface area contributed by atoms with Crippen molar-refractivity contribution in [2.24, 2.45) is 5.92 Å². The number of carbonyl (C=O) groups excluding carboxylic acids is 1. The first kappa shape index (κ1) is 21.3. The maximum Gasteiger partial charge on any atom is 0.222 e. The molecular weight excluding hydrogens is 286 g/mol. The summed E-state index contributed by atoms with van der Waals surface area (Å²) in [6.07, 6.45) is 0.387. The third-order valence-corrected chi connectivity index (χ3v) is 2.49. The Morgan fingerprint density at radius 2 is 1.23 bits per heavy atom. The minimum absolute atomic E-state index is 0.0176. The van der Waals surface area contributed by atoms with Crippen LogP contribution in [0.15, 0.2) is 0 Å². The molecule has 0 rings (SSSR count). The predicted octanol–water partition coefficient (Wildman–Crippen LogP) is 1.62. The Balaban J connectivity index is 3.10. The molecule has 0 saturated carbocycles. The van der Waals surface area contributed by atoms with Gasteiger partial charge in [-0.05, 0) is 19.8 Å². The van der Waals surface area contributed by atoms with Gasteiger partial charge in [0.2, 0.25) is 5.91 Å². The van der Waals surface area contributed by atoms with Gasteiger partial charge in [0.25, 0.3) is 0 Å². The van der Waals surface area contributed by atoms with Gasteiger partial charge in [-0.3, -0.25) is 4.79 Å². The lowest BCUT2D eigenvalue weighted by atomic mass is 10.2. The molecule has 0 aromatic rings. The number of hydrogen-bond acceptors (Lipinski definition) is 5. The molecule has 1 N–H and O–H groups in total. The van der Waals surface area contributed by atoms with Crippen LogP contribution in [0.4, 0.5) is 0 Å². The fourth-order valence-corrected chi connectivity index (χ4v) is 1.54. The highest BCUT2D eigenvalue weighted by atomic mass is 16.6. The smallest absolute Gasteiger partial charge is 0.222 e. The molecule has 0 aliphatic rings. The average Bonchev–Trinajstić information content (AvgIpc) is 2.42. The van der Waals surface area contributed by atoms with E-state index < -0.39 is 0 Å². The standard InChI is InChI=1S/C16H33NO5/c1-14(2)13-22-12-11-21-10-9-20-8-7-19-6-5-16(18)17-15(3)4/h14-15H,5-13H2,1-4H3,(H,17,18). The van der Waals surface area contributed by atoms with Crippen LogP contribution in [-0.2, 0) is 23.7 Å². The summed E-state index contributed by atoms with van der Waals surface area (Å²) >= 11 is 0. The zero-order chi connectivity index (χ0) is 16.6. The highest BCUT2D eigenvalue weighted by Gasteiger charge is 2.02. The lowest BCUT2D eigenvalue weighted by Gasteiger charge is -2.09. The van der Waals surface area contributed by atoms with Crippen LogP contribution in [0.5, 0.6) is 0 Å². The van der Waals surface area contributed by atoms with Crippen LogP contribution in [0.25, 0.3) is 0 Å². The Labute approximate surface area is 134 Å².